The zero-order chi connectivity index (χ0) is 21.7. The van der Waals surface area contributed by atoms with Crippen LogP contribution in [0.5, 0.6) is 0 Å². The zero-order valence-corrected chi connectivity index (χ0v) is 19.0. The molecule has 32 heavy (non-hydrogen) atoms. The van der Waals surface area contributed by atoms with E-state index in [2.05, 4.69) is 32.7 Å². The minimum atomic E-state index is 0.414. The Balaban J connectivity index is 1.39. The molecule has 4 heterocycles. The number of benzene rings is 1. The molecule has 1 aliphatic rings. The third kappa shape index (κ3) is 3.72. The van der Waals surface area contributed by atoms with Crippen LogP contribution in [0.25, 0.3) is 21.1 Å². The highest BCUT2D eigenvalue weighted by atomic mass is 35.5. The van der Waals surface area contributed by atoms with E-state index in [1.54, 1.807) is 17.5 Å². The molecular formula is C23H16Cl2N6S. The molecule has 0 amide bonds. The van der Waals surface area contributed by atoms with Crippen LogP contribution < -0.4 is 10.6 Å². The highest BCUT2D eigenvalue weighted by molar-refractivity contribution is 7.18. The number of nitrogens with zero attached hydrogens (tertiary/aromatic N) is 4. The molecule has 1 saturated carbocycles. The molecule has 2 N–H and O–H groups in total. The molecule has 6 nitrogen and oxygen atoms in total. The van der Waals surface area contributed by atoms with Gasteiger partial charge in [-0.2, -0.15) is 0 Å². The largest absolute Gasteiger partial charge is 0.340 e. The highest BCUT2D eigenvalue weighted by Crippen LogP contribution is 2.43. The van der Waals surface area contributed by atoms with Crippen LogP contribution in [0.4, 0.5) is 23.0 Å². The molecule has 0 unspecified atom stereocenters. The molecule has 1 aliphatic carbocycles. The van der Waals surface area contributed by atoms with Gasteiger partial charge in [-0.3, -0.25) is 9.97 Å². The lowest BCUT2D eigenvalue weighted by molar-refractivity contribution is 1.10. The van der Waals surface area contributed by atoms with Crippen LogP contribution in [0.1, 0.15) is 23.8 Å². The van der Waals surface area contributed by atoms with E-state index in [0.29, 0.717) is 33.3 Å². The van der Waals surface area contributed by atoms with Gasteiger partial charge in [0, 0.05) is 41.6 Å². The van der Waals surface area contributed by atoms with Crippen LogP contribution in [-0.4, -0.2) is 19.9 Å². The first kappa shape index (κ1) is 19.7. The molecule has 0 spiro atoms. The van der Waals surface area contributed by atoms with Crippen molar-refractivity contribution in [2.75, 3.05) is 10.6 Å². The number of hydrogen-bond acceptors (Lipinski definition) is 7. The van der Waals surface area contributed by atoms with E-state index in [1.807, 2.05) is 24.3 Å². The van der Waals surface area contributed by atoms with Gasteiger partial charge in [0.15, 0.2) is 0 Å². The second-order valence-corrected chi connectivity index (χ2v) is 9.54. The van der Waals surface area contributed by atoms with Gasteiger partial charge in [-0.1, -0.05) is 23.2 Å². The lowest BCUT2D eigenvalue weighted by atomic mass is 10.2. The van der Waals surface area contributed by atoms with Gasteiger partial charge in [-0.25, -0.2) is 9.97 Å². The third-order valence-corrected chi connectivity index (χ3v) is 7.05. The lowest BCUT2D eigenvalue weighted by Crippen LogP contribution is -2.01. The molecule has 158 valence electrons. The van der Waals surface area contributed by atoms with Crippen molar-refractivity contribution in [2.45, 2.75) is 18.8 Å². The summed E-state index contributed by atoms with van der Waals surface area (Å²) in [4.78, 5) is 18.1. The van der Waals surface area contributed by atoms with Gasteiger partial charge in [0.1, 0.15) is 11.6 Å². The molecule has 4 aromatic heterocycles. The van der Waals surface area contributed by atoms with Gasteiger partial charge in [0.2, 0.25) is 0 Å². The number of anilines is 4. The lowest BCUT2D eigenvalue weighted by Gasteiger charge is -2.13. The second kappa shape index (κ2) is 7.85. The molecular weight excluding hydrogens is 463 g/mol. The first-order chi connectivity index (χ1) is 15.6. The number of fused-ring (bicyclic) bond motifs is 2. The fourth-order valence-electron chi connectivity index (χ4n) is 3.56. The number of pyridine rings is 3. The maximum atomic E-state index is 6.28. The first-order valence-electron chi connectivity index (χ1n) is 10.1. The monoisotopic (exact) mass is 478 g/mol. The van der Waals surface area contributed by atoms with Gasteiger partial charge in [-0.05, 0) is 43.2 Å². The number of nitrogens with one attached hydrogen (secondary N) is 2. The van der Waals surface area contributed by atoms with Crippen LogP contribution in [0.15, 0.2) is 55.0 Å². The van der Waals surface area contributed by atoms with E-state index in [9.17, 15) is 0 Å². The number of rotatable bonds is 5. The molecule has 6 rings (SSSR count). The summed E-state index contributed by atoms with van der Waals surface area (Å²) in [5.41, 5.74) is 3.33. The maximum Gasteiger partial charge on any atom is 0.142 e. The van der Waals surface area contributed by atoms with Crippen LogP contribution in [0.2, 0.25) is 10.0 Å². The van der Waals surface area contributed by atoms with E-state index in [1.165, 1.54) is 34.9 Å². The Morgan fingerprint density at radius 1 is 0.938 bits per heavy atom. The van der Waals surface area contributed by atoms with Crippen molar-refractivity contribution in [3.63, 3.8) is 0 Å². The van der Waals surface area contributed by atoms with Gasteiger partial charge >= 0.3 is 0 Å². The normalized spacial score (nSPS) is 13.6. The summed E-state index contributed by atoms with van der Waals surface area (Å²) in [6, 6.07) is 12.0. The predicted octanol–water partition coefficient (Wildman–Crippen LogP) is 7.31. The molecule has 0 radical (unpaired) electrons. The summed E-state index contributed by atoms with van der Waals surface area (Å²) in [5, 5.41) is 9.64. The predicted molar refractivity (Wildman–Crippen MR) is 132 cm³/mol. The van der Waals surface area contributed by atoms with Crippen molar-refractivity contribution in [3.8, 4) is 0 Å². The third-order valence-electron chi connectivity index (χ3n) is 5.30. The highest BCUT2D eigenvalue weighted by Gasteiger charge is 2.27. The van der Waals surface area contributed by atoms with E-state index in [-0.39, 0.29) is 0 Å². The molecule has 0 aliphatic heterocycles. The van der Waals surface area contributed by atoms with Crippen molar-refractivity contribution in [3.05, 3.63) is 70.0 Å². The van der Waals surface area contributed by atoms with Gasteiger partial charge in [-0.15, -0.1) is 11.3 Å². The quantitative estimate of drug-likeness (QED) is 0.275. The zero-order valence-electron chi connectivity index (χ0n) is 16.6. The van der Waals surface area contributed by atoms with Crippen LogP contribution >= 0.6 is 34.5 Å². The summed E-state index contributed by atoms with van der Waals surface area (Å²) >= 11 is 14.3. The Morgan fingerprint density at radius 3 is 2.59 bits per heavy atom. The summed E-state index contributed by atoms with van der Waals surface area (Å²) in [6.45, 7) is 0. The molecule has 1 fully saturated rings. The van der Waals surface area contributed by atoms with E-state index < -0.39 is 0 Å². The van der Waals surface area contributed by atoms with Crippen molar-refractivity contribution in [2.24, 2.45) is 0 Å². The fraction of sp³-hybridized carbons (Fsp3) is 0.130. The van der Waals surface area contributed by atoms with Crippen LogP contribution in [-0.2, 0) is 0 Å². The molecule has 0 bridgehead atoms. The molecule has 0 saturated heterocycles. The van der Waals surface area contributed by atoms with Crippen LogP contribution in [0.3, 0.4) is 0 Å². The summed E-state index contributed by atoms with van der Waals surface area (Å²) < 4.78 is 1.17. The summed E-state index contributed by atoms with van der Waals surface area (Å²) in [7, 11) is 0. The van der Waals surface area contributed by atoms with Crippen molar-refractivity contribution in [1.29, 1.82) is 0 Å². The second-order valence-electron chi connectivity index (χ2n) is 7.66. The minimum absolute atomic E-state index is 0.414. The Bertz CT molecular complexity index is 1460. The van der Waals surface area contributed by atoms with E-state index in [0.717, 1.165) is 22.1 Å². The fourth-order valence-corrected chi connectivity index (χ4v) is 5.19. The minimum Gasteiger partial charge on any atom is -0.340 e. The molecule has 1 aromatic carbocycles. The molecule has 0 atom stereocenters. The smallest absolute Gasteiger partial charge is 0.142 e. The van der Waals surface area contributed by atoms with E-state index in [4.69, 9.17) is 33.2 Å². The Hall–Kier alpha value is -3.00. The molecule has 5 aromatic rings. The Labute approximate surface area is 197 Å². The number of hydrogen-bond donors (Lipinski definition) is 2. The Kier molecular flexibility index (Phi) is 4.82. The van der Waals surface area contributed by atoms with Crippen molar-refractivity contribution >= 4 is 78.7 Å². The average molecular weight is 479 g/mol. The molecule has 9 heteroatoms. The SMILES string of the molecule is Clc1cncc(Cl)c1Nc1cc2ncccc2c(Nc2ccc3nc(C4CC4)sc3c2)n1. The topological polar surface area (TPSA) is 75.6 Å². The van der Waals surface area contributed by atoms with Crippen LogP contribution in [0, 0.1) is 0 Å². The maximum absolute atomic E-state index is 6.28. The first-order valence-corrected chi connectivity index (χ1v) is 11.7. The summed E-state index contributed by atoms with van der Waals surface area (Å²) in [6.07, 6.45) is 7.33. The number of aromatic nitrogens is 4. The van der Waals surface area contributed by atoms with Gasteiger partial charge in [0.05, 0.1) is 36.5 Å². The van der Waals surface area contributed by atoms with Gasteiger partial charge in [0.25, 0.3) is 0 Å². The number of thiazole rings is 1. The van der Waals surface area contributed by atoms with Crippen molar-refractivity contribution < 1.29 is 0 Å². The van der Waals surface area contributed by atoms with Crippen molar-refractivity contribution in [1.82, 2.24) is 19.9 Å². The van der Waals surface area contributed by atoms with E-state index >= 15 is 0 Å². The summed E-state index contributed by atoms with van der Waals surface area (Å²) in [5.74, 6) is 1.91. The standard InChI is InChI=1S/C23H16Cl2N6S/c24-15-10-26-11-16(25)21(15)30-20-9-18-14(2-1-7-27-18)22(31-20)28-13-5-6-17-19(8-13)32-23(29-17)12-3-4-12/h1-2,5-12H,3-4H2,(H2,26,28,30,31). The number of halogens is 2. The van der Waals surface area contributed by atoms with Gasteiger partial charge < -0.3 is 10.6 Å². The Morgan fingerprint density at radius 2 is 1.78 bits per heavy atom. The average Bonchev–Trinajstić information content (AvgIpc) is 3.56.